The molecular formula is C12H6FN5O3S3. The van der Waals surface area contributed by atoms with Gasteiger partial charge in [0.15, 0.2) is 8.68 Å². The first-order valence-corrected chi connectivity index (χ1v) is 8.65. The Morgan fingerprint density at radius 3 is 2.62 bits per heavy atom. The van der Waals surface area contributed by atoms with E-state index in [1.807, 2.05) is 0 Å². The molecule has 0 saturated carbocycles. The lowest BCUT2D eigenvalue weighted by molar-refractivity contribution is -0.380. The summed E-state index contributed by atoms with van der Waals surface area (Å²) in [6.07, 6.45) is 1.17. The van der Waals surface area contributed by atoms with Crippen molar-refractivity contribution in [3.63, 3.8) is 0 Å². The van der Waals surface area contributed by atoms with Crippen molar-refractivity contribution in [2.75, 3.05) is 5.32 Å². The average Bonchev–Trinajstić information content (AvgIpc) is 3.18. The van der Waals surface area contributed by atoms with E-state index in [0.717, 1.165) is 34.4 Å². The number of benzene rings is 1. The number of nitro groups is 1. The van der Waals surface area contributed by atoms with Crippen LogP contribution >= 0.6 is 34.4 Å². The molecule has 0 saturated heterocycles. The summed E-state index contributed by atoms with van der Waals surface area (Å²) in [4.78, 5) is 26.0. The zero-order valence-corrected chi connectivity index (χ0v) is 14.0. The first kappa shape index (κ1) is 16.4. The summed E-state index contributed by atoms with van der Waals surface area (Å²) in [6.45, 7) is 0. The third-order valence-corrected chi connectivity index (χ3v) is 5.47. The SMILES string of the molecule is O=C(Nc1nnc(Sc2ncc([N+](=O)[O-])s2)s1)c1ccc(F)cc1. The normalized spacial score (nSPS) is 10.5. The predicted octanol–water partition coefficient (Wildman–Crippen LogP) is 3.45. The van der Waals surface area contributed by atoms with Crippen LogP contribution in [0.4, 0.5) is 14.5 Å². The molecule has 2 aromatic heterocycles. The number of carbonyl (C=O) groups excluding carboxylic acids is 1. The Hall–Kier alpha value is -2.44. The van der Waals surface area contributed by atoms with Crippen LogP contribution in [0, 0.1) is 15.9 Å². The maximum Gasteiger partial charge on any atom is 0.344 e. The minimum atomic E-state index is -0.518. The van der Waals surface area contributed by atoms with Gasteiger partial charge in [0, 0.05) is 5.56 Å². The highest BCUT2D eigenvalue weighted by Gasteiger charge is 2.15. The van der Waals surface area contributed by atoms with Gasteiger partial charge in [0.05, 0.1) is 4.92 Å². The third kappa shape index (κ3) is 3.90. The van der Waals surface area contributed by atoms with E-state index in [1.54, 1.807) is 0 Å². The van der Waals surface area contributed by atoms with Crippen LogP contribution in [0.2, 0.25) is 0 Å². The monoisotopic (exact) mass is 383 g/mol. The van der Waals surface area contributed by atoms with E-state index < -0.39 is 16.6 Å². The standard InChI is InChI=1S/C12H6FN5O3S3/c13-7-3-1-6(2-4-7)9(19)15-10-16-17-12(23-10)24-11-14-5-8(22-11)18(20)21/h1-5H,(H,15,16,19). The molecule has 0 radical (unpaired) electrons. The van der Waals surface area contributed by atoms with Crippen molar-refractivity contribution in [3.05, 3.63) is 52.0 Å². The second kappa shape index (κ2) is 6.98. The molecule has 0 aliphatic rings. The highest BCUT2D eigenvalue weighted by molar-refractivity contribution is 8.02. The Morgan fingerprint density at radius 1 is 1.21 bits per heavy atom. The van der Waals surface area contributed by atoms with Crippen LogP contribution in [0.25, 0.3) is 0 Å². The summed E-state index contributed by atoms with van der Waals surface area (Å²) >= 11 is 3.15. The summed E-state index contributed by atoms with van der Waals surface area (Å²) in [5.74, 6) is -0.869. The molecule has 12 heteroatoms. The average molecular weight is 383 g/mol. The van der Waals surface area contributed by atoms with Crippen molar-refractivity contribution < 1.29 is 14.1 Å². The van der Waals surface area contributed by atoms with E-state index in [9.17, 15) is 19.3 Å². The van der Waals surface area contributed by atoms with Crippen molar-refractivity contribution in [2.45, 2.75) is 8.68 Å². The number of hydrogen-bond donors (Lipinski definition) is 1. The Balaban J connectivity index is 1.65. The van der Waals surface area contributed by atoms with Gasteiger partial charge in [-0.05, 0) is 47.4 Å². The topological polar surface area (TPSA) is 111 Å². The zero-order valence-electron chi connectivity index (χ0n) is 11.5. The van der Waals surface area contributed by atoms with E-state index in [-0.39, 0.29) is 15.7 Å². The van der Waals surface area contributed by atoms with Gasteiger partial charge in [-0.3, -0.25) is 20.2 Å². The predicted molar refractivity (Wildman–Crippen MR) is 87.2 cm³/mol. The number of amides is 1. The molecular weight excluding hydrogens is 377 g/mol. The number of thiazole rings is 1. The lowest BCUT2D eigenvalue weighted by Gasteiger charge is -2.00. The summed E-state index contributed by atoms with van der Waals surface area (Å²) in [7, 11) is 0. The highest BCUT2D eigenvalue weighted by Crippen LogP contribution is 2.36. The molecule has 24 heavy (non-hydrogen) atoms. The number of halogens is 1. The molecule has 0 bridgehead atoms. The minimum absolute atomic E-state index is 0.0631. The van der Waals surface area contributed by atoms with Gasteiger partial charge >= 0.3 is 5.00 Å². The molecule has 2 heterocycles. The maximum absolute atomic E-state index is 12.8. The van der Waals surface area contributed by atoms with Crippen LogP contribution in [-0.2, 0) is 0 Å². The van der Waals surface area contributed by atoms with Gasteiger partial charge in [0.1, 0.15) is 12.0 Å². The molecule has 122 valence electrons. The van der Waals surface area contributed by atoms with Gasteiger partial charge in [-0.1, -0.05) is 11.3 Å². The molecule has 3 rings (SSSR count). The van der Waals surface area contributed by atoms with Crippen LogP contribution < -0.4 is 5.32 Å². The Bertz CT molecular complexity index is 895. The molecule has 0 aliphatic heterocycles. The van der Waals surface area contributed by atoms with Crippen molar-refractivity contribution in [2.24, 2.45) is 0 Å². The molecule has 0 unspecified atom stereocenters. The van der Waals surface area contributed by atoms with E-state index in [0.29, 0.717) is 8.68 Å². The summed E-state index contributed by atoms with van der Waals surface area (Å²) < 4.78 is 13.8. The molecule has 8 nitrogen and oxygen atoms in total. The number of rotatable bonds is 5. The maximum atomic E-state index is 12.8. The number of nitrogens with zero attached hydrogens (tertiary/aromatic N) is 4. The number of nitrogens with one attached hydrogen (secondary N) is 1. The molecule has 1 N–H and O–H groups in total. The third-order valence-electron chi connectivity index (χ3n) is 2.56. The van der Waals surface area contributed by atoms with E-state index in [1.165, 1.54) is 30.5 Å². The first-order chi connectivity index (χ1) is 11.5. The van der Waals surface area contributed by atoms with Crippen molar-refractivity contribution in [1.29, 1.82) is 0 Å². The zero-order chi connectivity index (χ0) is 17.1. The van der Waals surface area contributed by atoms with E-state index in [2.05, 4.69) is 20.5 Å². The lowest BCUT2D eigenvalue weighted by Crippen LogP contribution is -2.11. The summed E-state index contributed by atoms with van der Waals surface area (Å²) in [6, 6.07) is 5.09. The van der Waals surface area contributed by atoms with Gasteiger partial charge in [-0.25, -0.2) is 9.37 Å². The van der Waals surface area contributed by atoms with E-state index in [4.69, 9.17) is 0 Å². The summed E-state index contributed by atoms with van der Waals surface area (Å²) in [5.41, 5.74) is 0.288. The Kier molecular flexibility index (Phi) is 4.78. The molecule has 0 atom stereocenters. The quantitative estimate of drug-likeness (QED) is 0.408. The Labute approximate surface area is 145 Å². The second-order valence-electron chi connectivity index (χ2n) is 4.16. The smallest absolute Gasteiger partial charge is 0.296 e. The van der Waals surface area contributed by atoms with Gasteiger partial charge in [-0.15, -0.1) is 10.2 Å². The van der Waals surface area contributed by atoms with Crippen molar-refractivity contribution >= 4 is 50.5 Å². The number of anilines is 1. The molecule has 3 aromatic rings. The number of carbonyl (C=O) groups is 1. The second-order valence-corrected chi connectivity index (χ2v) is 7.64. The van der Waals surface area contributed by atoms with Crippen LogP contribution in [0.3, 0.4) is 0 Å². The van der Waals surface area contributed by atoms with Gasteiger partial charge in [-0.2, -0.15) is 0 Å². The van der Waals surface area contributed by atoms with Crippen LogP contribution in [-0.4, -0.2) is 26.0 Å². The first-order valence-electron chi connectivity index (χ1n) is 6.20. The molecule has 0 fully saturated rings. The summed E-state index contributed by atoms with van der Waals surface area (Å²) in [5, 5.41) is 21.1. The highest BCUT2D eigenvalue weighted by atomic mass is 32.2. The number of hydrogen-bond acceptors (Lipinski definition) is 9. The fraction of sp³-hybridized carbons (Fsp3) is 0. The fourth-order valence-electron chi connectivity index (χ4n) is 1.53. The van der Waals surface area contributed by atoms with Gasteiger partial charge in [0.25, 0.3) is 5.91 Å². The molecule has 1 amide bonds. The molecule has 0 aliphatic carbocycles. The molecule has 1 aromatic carbocycles. The van der Waals surface area contributed by atoms with Gasteiger partial charge in [0.2, 0.25) is 5.13 Å². The van der Waals surface area contributed by atoms with Crippen molar-refractivity contribution in [3.8, 4) is 0 Å². The van der Waals surface area contributed by atoms with Crippen LogP contribution in [0.1, 0.15) is 10.4 Å². The molecule has 0 spiro atoms. The van der Waals surface area contributed by atoms with E-state index >= 15 is 0 Å². The Morgan fingerprint density at radius 2 is 1.96 bits per heavy atom. The lowest BCUT2D eigenvalue weighted by atomic mass is 10.2. The van der Waals surface area contributed by atoms with Gasteiger partial charge < -0.3 is 0 Å². The van der Waals surface area contributed by atoms with Crippen LogP contribution in [0.5, 0.6) is 0 Å². The van der Waals surface area contributed by atoms with Crippen LogP contribution in [0.15, 0.2) is 39.1 Å². The minimum Gasteiger partial charge on any atom is -0.296 e. The number of aromatic nitrogens is 3. The largest absolute Gasteiger partial charge is 0.344 e. The van der Waals surface area contributed by atoms with Crippen molar-refractivity contribution in [1.82, 2.24) is 15.2 Å². The fourth-order valence-corrected chi connectivity index (χ4v) is 4.26.